The highest BCUT2D eigenvalue weighted by atomic mass is 16.5. The molecule has 0 bridgehead atoms. The number of carbonyl (C=O) groups is 1. The molecule has 0 saturated heterocycles. The molecule has 0 radical (unpaired) electrons. The van der Waals surface area contributed by atoms with Gasteiger partial charge in [0, 0.05) is 13.1 Å². The van der Waals surface area contributed by atoms with E-state index in [9.17, 15) is 4.79 Å². The molecule has 1 unspecified atom stereocenters. The summed E-state index contributed by atoms with van der Waals surface area (Å²) in [6.45, 7) is 6.38. The first-order chi connectivity index (χ1) is 5.61. The molecule has 0 aromatic carbocycles. The highest BCUT2D eigenvalue weighted by Crippen LogP contribution is 1.88. The Bertz CT molecular complexity index is 168. The number of ether oxygens (including phenoxy) is 1. The molecule has 0 aromatic heterocycles. The van der Waals surface area contributed by atoms with Crippen LogP contribution in [0.2, 0.25) is 0 Å². The van der Waals surface area contributed by atoms with E-state index in [1.54, 1.807) is 0 Å². The molecule has 0 amide bonds. The molecule has 0 saturated carbocycles. The lowest BCUT2D eigenvalue weighted by Crippen LogP contribution is -2.43. The van der Waals surface area contributed by atoms with Gasteiger partial charge in [0.15, 0.2) is 0 Å². The average molecular weight is 172 g/mol. The van der Waals surface area contributed by atoms with Crippen LogP contribution in [0, 0.1) is 0 Å². The molecule has 3 N–H and O–H groups in total. The summed E-state index contributed by atoms with van der Waals surface area (Å²) in [6.07, 6.45) is 0. The number of esters is 1. The zero-order chi connectivity index (χ0) is 9.56. The van der Waals surface area contributed by atoms with Crippen LogP contribution in [0.4, 0.5) is 0 Å². The van der Waals surface area contributed by atoms with Gasteiger partial charge < -0.3 is 10.5 Å². The quantitative estimate of drug-likeness (QED) is 0.439. The van der Waals surface area contributed by atoms with Crippen LogP contribution in [0.5, 0.6) is 0 Å². The Kier molecular flexibility index (Phi) is 5.32. The average Bonchev–Trinajstić information content (AvgIpc) is 2.04. The monoisotopic (exact) mass is 172 g/mol. The molecule has 1 atom stereocenters. The van der Waals surface area contributed by atoms with E-state index in [4.69, 9.17) is 5.73 Å². The fourth-order valence-electron chi connectivity index (χ4n) is 0.703. The van der Waals surface area contributed by atoms with Gasteiger partial charge in [-0.2, -0.15) is 0 Å². The van der Waals surface area contributed by atoms with Crippen molar-refractivity contribution in [2.45, 2.75) is 13.0 Å². The minimum Gasteiger partial charge on any atom is -0.468 e. The Balaban J connectivity index is 3.83. The molecule has 0 fully saturated rings. The Labute approximate surface area is 72.8 Å². The maximum absolute atomic E-state index is 11.0. The Hall–Kier alpha value is -0.870. The van der Waals surface area contributed by atoms with Crippen molar-refractivity contribution in [3.8, 4) is 0 Å². The van der Waals surface area contributed by atoms with Crippen molar-refractivity contribution in [1.29, 1.82) is 0 Å². The van der Waals surface area contributed by atoms with Crippen LogP contribution in [0.1, 0.15) is 6.92 Å². The van der Waals surface area contributed by atoms with Crippen molar-refractivity contribution in [2.75, 3.05) is 20.2 Å². The third-order valence-corrected chi connectivity index (χ3v) is 1.37. The predicted octanol–water partition coefficient (Wildman–Crippen LogP) is -0.348. The van der Waals surface area contributed by atoms with Crippen LogP contribution in [0.25, 0.3) is 0 Å². The zero-order valence-electron chi connectivity index (χ0n) is 7.59. The van der Waals surface area contributed by atoms with Gasteiger partial charge >= 0.3 is 5.97 Å². The van der Waals surface area contributed by atoms with E-state index in [0.29, 0.717) is 6.54 Å². The van der Waals surface area contributed by atoms with Crippen LogP contribution in [-0.4, -0.2) is 32.2 Å². The fourth-order valence-corrected chi connectivity index (χ4v) is 0.703. The molecule has 0 aliphatic carbocycles. The van der Waals surface area contributed by atoms with E-state index in [-0.39, 0.29) is 12.5 Å². The van der Waals surface area contributed by atoms with E-state index in [1.807, 2.05) is 6.92 Å². The van der Waals surface area contributed by atoms with Crippen LogP contribution in [0.3, 0.4) is 0 Å². The van der Waals surface area contributed by atoms with Crippen molar-refractivity contribution >= 4 is 5.97 Å². The van der Waals surface area contributed by atoms with E-state index < -0.39 is 6.04 Å². The van der Waals surface area contributed by atoms with E-state index in [2.05, 4.69) is 16.6 Å². The Morgan fingerprint density at radius 3 is 2.67 bits per heavy atom. The molecular formula is C8H16N2O2. The second kappa shape index (κ2) is 5.74. The topological polar surface area (TPSA) is 64.3 Å². The SMILES string of the molecule is C=C(C)CNC(CN)C(=O)OC. The second-order valence-electron chi connectivity index (χ2n) is 2.65. The molecule has 12 heavy (non-hydrogen) atoms. The summed E-state index contributed by atoms with van der Waals surface area (Å²) in [6, 6.07) is -0.424. The van der Waals surface area contributed by atoms with Gasteiger partial charge in [0.25, 0.3) is 0 Å². The van der Waals surface area contributed by atoms with Gasteiger partial charge in [0.05, 0.1) is 7.11 Å². The maximum atomic E-state index is 11.0. The van der Waals surface area contributed by atoms with Crippen molar-refractivity contribution in [3.63, 3.8) is 0 Å². The van der Waals surface area contributed by atoms with E-state index >= 15 is 0 Å². The lowest BCUT2D eigenvalue weighted by atomic mass is 10.2. The standard InChI is InChI=1S/C8H16N2O2/c1-6(2)5-10-7(4-9)8(11)12-3/h7,10H,1,4-5,9H2,2-3H3. The Morgan fingerprint density at radius 1 is 1.75 bits per heavy atom. The van der Waals surface area contributed by atoms with E-state index in [1.165, 1.54) is 7.11 Å². The van der Waals surface area contributed by atoms with Crippen LogP contribution in [-0.2, 0) is 9.53 Å². The second-order valence-corrected chi connectivity index (χ2v) is 2.65. The maximum Gasteiger partial charge on any atom is 0.324 e. The molecule has 0 aliphatic heterocycles. The van der Waals surface area contributed by atoms with Crippen LogP contribution >= 0.6 is 0 Å². The molecule has 0 spiro atoms. The minimum atomic E-state index is -0.424. The molecule has 0 aliphatic rings. The number of hydrogen-bond donors (Lipinski definition) is 2. The minimum absolute atomic E-state index is 0.236. The van der Waals surface area contributed by atoms with Crippen LogP contribution < -0.4 is 11.1 Å². The smallest absolute Gasteiger partial charge is 0.324 e. The number of rotatable bonds is 5. The van der Waals surface area contributed by atoms with Gasteiger partial charge in [-0.05, 0) is 6.92 Å². The lowest BCUT2D eigenvalue weighted by Gasteiger charge is -2.13. The van der Waals surface area contributed by atoms with Gasteiger partial charge in [-0.3, -0.25) is 10.1 Å². The molecule has 0 rings (SSSR count). The Morgan fingerprint density at radius 2 is 2.33 bits per heavy atom. The van der Waals surface area contributed by atoms with Crippen molar-refractivity contribution < 1.29 is 9.53 Å². The summed E-state index contributed by atoms with van der Waals surface area (Å²) in [5, 5.41) is 2.92. The van der Waals surface area contributed by atoms with Gasteiger partial charge in [0.1, 0.15) is 6.04 Å². The van der Waals surface area contributed by atoms with Gasteiger partial charge in [-0.25, -0.2) is 0 Å². The molecule has 70 valence electrons. The summed E-state index contributed by atoms with van der Waals surface area (Å²) >= 11 is 0. The van der Waals surface area contributed by atoms with Crippen molar-refractivity contribution in [2.24, 2.45) is 5.73 Å². The first-order valence-electron chi connectivity index (χ1n) is 3.77. The van der Waals surface area contributed by atoms with Gasteiger partial charge in [-0.1, -0.05) is 12.2 Å². The normalized spacial score (nSPS) is 12.2. The van der Waals surface area contributed by atoms with Crippen molar-refractivity contribution in [3.05, 3.63) is 12.2 Å². The first kappa shape index (κ1) is 11.1. The van der Waals surface area contributed by atoms with Crippen LogP contribution in [0.15, 0.2) is 12.2 Å². The van der Waals surface area contributed by atoms with Crippen molar-refractivity contribution in [1.82, 2.24) is 5.32 Å². The van der Waals surface area contributed by atoms with E-state index in [0.717, 1.165) is 5.57 Å². The zero-order valence-corrected chi connectivity index (χ0v) is 7.59. The summed E-state index contributed by atoms with van der Waals surface area (Å²) in [5.41, 5.74) is 6.30. The molecule has 4 heteroatoms. The summed E-state index contributed by atoms with van der Waals surface area (Å²) in [5.74, 6) is -0.334. The van der Waals surface area contributed by atoms with Gasteiger partial charge in [-0.15, -0.1) is 0 Å². The lowest BCUT2D eigenvalue weighted by molar-refractivity contribution is -0.142. The molecular weight excluding hydrogens is 156 g/mol. The number of methoxy groups -OCH3 is 1. The largest absolute Gasteiger partial charge is 0.468 e. The number of carbonyl (C=O) groups excluding carboxylic acids is 1. The summed E-state index contributed by atoms with van der Waals surface area (Å²) in [7, 11) is 1.34. The molecule has 0 heterocycles. The number of nitrogens with one attached hydrogen (secondary N) is 1. The number of nitrogens with two attached hydrogens (primary N) is 1. The highest BCUT2D eigenvalue weighted by Gasteiger charge is 2.15. The predicted molar refractivity (Wildman–Crippen MR) is 47.7 cm³/mol. The number of hydrogen-bond acceptors (Lipinski definition) is 4. The van der Waals surface area contributed by atoms with Gasteiger partial charge in [0.2, 0.25) is 0 Å². The molecule has 0 aromatic rings. The summed E-state index contributed by atoms with van der Waals surface area (Å²) < 4.78 is 4.52. The first-order valence-corrected chi connectivity index (χ1v) is 3.77. The third-order valence-electron chi connectivity index (χ3n) is 1.37. The highest BCUT2D eigenvalue weighted by molar-refractivity contribution is 5.75. The summed E-state index contributed by atoms with van der Waals surface area (Å²) in [4.78, 5) is 11.0. The third kappa shape index (κ3) is 4.10. The molecule has 4 nitrogen and oxygen atoms in total. The fraction of sp³-hybridized carbons (Fsp3) is 0.625.